The number of aromatic nitrogens is 3. The molecule has 0 radical (unpaired) electrons. The van der Waals surface area contributed by atoms with E-state index in [1.807, 2.05) is 18.2 Å². The second kappa shape index (κ2) is 11.5. The average Bonchev–Trinajstić information content (AvgIpc) is 3.26. The maximum Gasteiger partial charge on any atom is 0.234 e. The van der Waals surface area contributed by atoms with Crippen molar-refractivity contribution in [2.24, 2.45) is 0 Å². The van der Waals surface area contributed by atoms with E-state index in [9.17, 15) is 4.79 Å². The largest absolute Gasteiger partial charge is 0.325 e. The molecule has 0 aliphatic carbocycles. The maximum absolute atomic E-state index is 12.9. The summed E-state index contributed by atoms with van der Waals surface area (Å²) in [4.78, 5) is 15.3. The van der Waals surface area contributed by atoms with Crippen molar-refractivity contribution in [3.63, 3.8) is 0 Å². The number of para-hydroxylation sites is 2. The highest BCUT2D eigenvalue weighted by atomic mass is 32.2. The van der Waals surface area contributed by atoms with Crippen LogP contribution >= 0.6 is 11.8 Å². The van der Waals surface area contributed by atoms with E-state index in [1.54, 1.807) is 0 Å². The van der Waals surface area contributed by atoms with Crippen LogP contribution in [0.4, 0.5) is 5.69 Å². The zero-order valence-corrected chi connectivity index (χ0v) is 20.4. The summed E-state index contributed by atoms with van der Waals surface area (Å²) in [6.07, 6.45) is 5.55. The molecule has 174 valence electrons. The molecule has 7 heteroatoms. The number of anilines is 1. The minimum atomic E-state index is -0.0178. The summed E-state index contributed by atoms with van der Waals surface area (Å²) in [5, 5.41) is 12.9. The van der Waals surface area contributed by atoms with E-state index in [-0.39, 0.29) is 11.7 Å². The number of carbonyl (C=O) groups excluding carboxylic acids is 1. The standard InChI is InChI=1S/C26H33N5OS/c1-3-20-12-11-13-21(4-2)25(20)27-24(32)19-33-26-29-28-23(18-30-16-9-6-10-17-30)31(26)22-14-7-5-8-15-22/h5,7-8,11-15H,3-4,6,9-10,16-19H2,1-2H3,(H,27,32). The molecular formula is C26H33N5OS. The van der Waals surface area contributed by atoms with Crippen LogP contribution in [0.25, 0.3) is 5.69 Å². The molecule has 6 nitrogen and oxygen atoms in total. The van der Waals surface area contributed by atoms with Crippen LogP contribution in [-0.2, 0) is 24.2 Å². The summed E-state index contributed by atoms with van der Waals surface area (Å²) in [6, 6.07) is 16.4. The SMILES string of the molecule is CCc1cccc(CC)c1NC(=O)CSc1nnc(CN2CCCCC2)n1-c1ccccc1. The van der Waals surface area contributed by atoms with Crippen molar-refractivity contribution >= 4 is 23.4 Å². The summed E-state index contributed by atoms with van der Waals surface area (Å²) in [5.41, 5.74) is 4.33. The molecule has 1 aromatic heterocycles. The van der Waals surface area contributed by atoms with Crippen LogP contribution in [0.15, 0.2) is 53.7 Å². The number of hydrogen-bond acceptors (Lipinski definition) is 5. The highest BCUT2D eigenvalue weighted by Crippen LogP contribution is 2.26. The molecule has 4 rings (SSSR count). The monoisotopic (exact) mass is 463 g/mol. The summed E-state index contributed by atoms with van der Waals surface area (Å²) in [6.45, 7) is 7.21. The van der Waals surface area contributed by atoms with Crippen molar-refractivity contribution in [2.45, 2.75) is 57.7 Å². The van der Waals surface area contributed by atoms with E-state index in [4.69, 9.17) is 0 Å². The van der Waals surface area contributed by atoms with Crippen LogP contribution < -0.4 is 5.32 Å². The third-order valence-electron chi connectivity index (χ3n) is 6.12. The van der Waals surface area contributed by atoms with Gasteiger partial charge in [0.15, 0.2) is 11.0 Å². The highest BCUT2D eigenvalue weighted by molar-refractivity contribution is 7.99. The van der Waals surface area contributed by atoms with Gasteiger partial charge in [0, 0.05) is 11.4 Å². The van der Waals surface area contributed by atoms with Crippen LogP contribution in [0, 0.1) is 0 Å². The molecule has 0 unspecified atom stereocenters. The van der Waals surface area contributed by atoms with Gasteiger partial charge in [-0.3, -0.25) is 14.3 Å². The lowest BCUT2D eigenvalue weighted by Gasteiger charge is -2.26. The summed E-state index contributed by atoms with van der Waals surface area (Å²) < 4.78 is 2.10. The minimum absolute atomic E-state index is 0.0178. The molecule has 1 N–H and O–H groups in total. The third kappa shape index (κ3) is 5.84. The molecule has 0 spiro atoms. The fourth-order valence-electron chi connectivity index (χ4n) is 4.36. The number of nitrogens with one attached hydrogen (secondary N) is 1. The number of hydrogen-bond donors (Lipinski definition) is 1. The lowest BCUT2D eigenvalue weighted by molar-refractivity contribution is -0.113. The molecule has 1 aliphatic heterocycles. The number of aryl methyl sites for hydroxylation is 2. The van der Waals surface area contributed by atoms with E-state index >= 15 is 0 Å². The van der Waals surface area contributed by atoms with Gasteiger partial charge in [0.25, 0.3) is 0 Å². The summed E-state index contributed by atoms with van der Waals surface area (Å²) >= 11 is 1.44. The lowest BCUT2D eigenvalue weighted by atomic mass is 10.0. The van der Waals surface area contributed by atoms with Crippen LogP contribution in [0.5, 0.6) is 0 Å². The van der Waals surface area contributed by atoms with Crippen molar-refractivity contribution in [1.29, 1.82) is 0 Å². The fraction of sp³-hybridized carbons (Fsp3) is 0.423. The van der Waals surface area contributed by atoms with Gasteiger partial charge in [0.05, 0.1) is 12.3 Å². The van der Waals surface area contributed by atoms with Crippen molar-refractivity contribution in [3.05, 3.63) is 65.5 Å². The van der Waals surface area contributed by atoms with Crippen LogP contribution in [0.1, 0.15) is 50.1 Å². The van der Waals surface area contributed by atoms with Gasteiger partial charge in [-0.25, -0.2) is 0 Å². The quantitative estimate of drug-likeness (QED) is 0.447. The molecule has 33 heavy (non-hydrogen) atoms. The number of rotatable bonds is 9. The Hall–Kier alpha value is -2.64. The van der Waals surface area contributed by atoms with E-state index in [2.05, 4.69) is 69.2 Å². The molecule has 3 aromatic rings. The first-order valence-corrected chi connectivity index (χ1v) is 12.9. The fourth-order valence-corrected chi connectivity index (χ4v) is 5.13. The number of thioether (sulfide) groups is 1. The summed E-state index contributed by atoms with van der Waals surface area (Å²) in [5.74, 6) is 1.20. The Bertz CT molecular complexity index is 1040. The van der Waals surface area contributed by atoms with Gasteiger partial charge in [0.2, 0.25) is 5.91 Å². The molecule has 1 amide bonds. The highest BCUT2D eigenvalue weighted by Gasteiger charge is 2.20. The molecule has 1 fully saturated rings. The molecule has 2 heterocycles. The molecule has 1 aliphatic rings. The van der Waals surface area contributed by atoms with Crippen molar-refractivity contribution in [1.82, 2.24) is 19.7 Å². The Labute approximate surface area is 200 Å². The van der Waals surface area contributed by atoms with Gasteiger partial charge in [-0.2, -0.15) is 0 Å². The number of nitrogens with zero attached hydrogens (tertiary/aromatic N) is 4. The predicted octanol–water partition coefficient (Wildman–Crippen LogP) is 5.11. The Kier molecular flexibility index (Phi) is 8.18. The topological polar surface area (TPSA) is 63.1 Å². The van der Waals surface area contributed by atoms with Gasteiger partial charge in [0.1, 0.15) is 0 Å². The Balaban J connectivity index is 1.50. The second-order valence-corrected chi connectivity index (χ2v) is 9.34. The normalized spacial score (nSPS) is 14.4. The minimum Gasteiger partial charge on any atom is -0.325 e. The molecule has 0 saturated carbocycles. The number of piperidine rings is 1. The Morgan fingerprint density at radius 3 is 2.30 bits per heavy atom. The molecule has 2 aromatic carbocycles. The first-order valence-electron chi connectivity index (χ1n) is 11.9. The first-order chi connectivity index (χ1) is 16.2. The number of benzene rings is 2. The van der Waals surface area contributed by atoms with Crippen molar-refractivity contribution < 1.29 is 4.79 Å². The van der Waals surface area contributed by atoms with Crippen LogP contribution in [0.2, 0.25) is 0 Å². The van der Waals surface area contributed by atoms with E-state index in [0.717, 1.165) is 54.8 Å². The Morgan fingerprint density at radius 1 is 0.939 bits per heavy atom. The van der Waals surface area contributed by atoms with Gasteiger partial charge >= 0.3 is 0 Å². The van der Waals surface area contributed by atoms with E-state index in [0.29, 0.717) is 0 Å². The van der Waals surface area contributed by atoms with Gasteiger partial charge < -0.3 is 5.32 Å². The molecule has 0 bridgehead atoms. The van der Waals surface area contributed by atoms with Crippen LogP contribution in [0.3, 0.4) is 0 Å². The zero-order chi connectivity index (χ0) is 23.0. The smallest absolute Gasteiger partial charge is 0.234 e. The number of carbonyl (C=O) groups is 1. The maximum atomic E-state index is 12.9. The van der Waals surface area contributed by atoms with Crippen molar-refractivity contribution in [3.8, 4) is 5.69 Å². The predicted molar refractivity (Wildman–Crippen MR) is 135 cm³/mol. The lowest BCUT2D eigenvalue weighted by Crippen LogP contribution is -2.30. The number of amides is 1. The average molecular weight is 464 g/mol. The van der Waals surface area contributed by atoms with Gasteiger partial charge in [-0.1, -0.05) is 68.4 Å². The van der Waals surface area contributed by atoms with Crippen LogP contribution in [-0.4, -0.2) is 44.4 Å². The van der Waals surface area contributed by atoms with E-state index < -0.39 is 0 Å². The second-order valence-electron chi connectivity index (χ2n) is 8.40. The van der Waals surface area contributed by atoms with Crippen molar-refractivity contribution in [2.75, 3.05) is 24.2 Å². The molecule has 0 atom stereocenters. The third-order valence-corrected chi connectivity index (χ3v) is 7.05. The molecular weight excluding hydrogens is 430 g/mol. The van der Waals surface area contributed by atoms with E-state index in [1.165, 1.54) is 42.2 Å². The van der Waals surface area contributed by atoms with Gasteiger partial charge in [-0.05, 0) is 62.0 Å². The van der Waals surface area contributed by atoms with Gasteiger partial charge in [-0.15, -0.1) is 10.2 Å². The zero-order valence-electron chi connectivity index (χ0n) is 19.6. The summed E-state index contributed by atoms with van der Waals surface area (Å²) in [7, 11) is 0. The first kappa shape index (κ1) is 23.5. The molecule has 1 saturated heterocycles. The number of likely N-dealkylation sites (tertiary alicyclic amines) is 1. The Morgan fingerprint density at radius 2 is 1.64 bits per heavy atom.